The maximum absolute atomic E-state index is 11.8. The molecule has 108 valence electrons. The summed E-state index contributed by atoms with van der Waals surface area (Å²) in [6, 6.07) is 7.08. The molecule has 1 aromatic carbocycles. The topological polar surface area (TPSA) is 65.4 Å². The van der Waals surface area contributed by atoms with Gasteiger partial charge in [0, 0.05) is 11.1 Å². The van der Waals surface area contributed by atoms with Crippen LogP contribution in [-0.4, -0.2) is 31.2 Å². The van der Waals surface area contributed by atoms with Crippen LogP contribution in [0.5, 0.6) is 0 Å². The van der Waals surface area contributed by atoms with Crippen molar-refractivity contribution in [3.05, 3.63) is 35.5 Å². The van der Waals surface area contributed by atoms with E-state index in [0.29, 0.717) is 17.8 Å². The van der Waals surface area contributed by atoms with Gasteiger partial charge in [0.1, 0.15) is 0 Å². The molecule has 0 fully saturated rings. The molecule has 5 nitrogen and oxygen atoms in total. The molecule has 0 amide bonds. The van der Waals surface area contributed by atoms with Gasteiger partial charge in [-0.2, -0.15) is 0 Å². The zero-order valence-corrected chi connectivity index (χ0v) is 12.5. The third-order valence-corrected chi connectivity index (χ3v) is 4.19. The number of ether oxygens (including phenoxy) is 1. The van der Waals surface area contributed by atoms with Crippen LogP contribution in [0.4, 0.5) is 0 Å². The quantitative estimate of drug-likeness (QED) is 0.808. The normalized spacial score (nSPS) is 11.8. The summed E-state index contributed by atoms with van der Waals surface area (Å²) in [7, 11) is -3.37. The lowest BCUT2D eigenvalue weighted by atomic mass is 10.1. The Kier molecular flexibility index (Phi) is 3.85. The lowest BCUT2D eigenvalue weighted by molar-refractivity contribution is -0.142. The molecule has 0 saturated carbocycles. The van der Waals surface area contributed by atoms with E-state index in [4.69, 9.17) is 4.74 Å². The van der Waals surface area contributed by atoms with Gasteiger partial charge in [0.25, 0.3) is 0 Å². The van der Waals surface area contributed by atoms with E-state index in [-0.39, 0.29) is 12.4 Å². The van der Waals surface area contributed by atoms with E-state index < -0.39 is 10.0 Å². The number of esters is 1. The number of rotatable bonds is 4. The first-order valence-corrected chi connectivity index (χ1v) is 8.15. The first-order chi connectivity index (χ1) is 9.34. The summed E-state index contributed by atoms with van der Waals surface area (Å²) in [5, 5.41) is 0.767. The van der Waals surface area contributed by atoms with Crippen LogP contribution in [0.3, 0.4) is 0 Å². The van der Waals surface area contributed by atoms with E-state index in [2.05, 4.69) is 0 Å². The van der Waals surface area contributed by atoms with Crippen LogP contribution in [0.25, 0.3) is 10.9 Å². The third kappa shape index (κ3) is 2.70. The monoisotopic (exact) mass is 295 g/mol. The van der Waals surface area contributed by atoms with Crippen LogP contribution in [0.1, 0.15) is 18.2 Å². The fraction of sp³-hybridized carbons (Fsp3) is 0.357. The Balaban J connectivity index is 2.58. The molecule has 0 aliphatic heterocycles. The molecule has 0 aliphatic rings. The van der Waals surface area contributed by atoms with Gasteiger partial charge < -0.3 is 4.74 Å². The summed E-state index contributed by atoms with van der Waals surface area (Å²) in [6.07, 6.45) is 1.30. The van der Waals surface area contributed by atoms with Crippen LogP contribution in [-0.2, 0) is 26.0 Å². The van der Waals surface area contributed by atoms with Gasteiger partial charge in [-0.3, -0.25) is 4.79 Å². The minimum Gasteiger partial charge on any atom is -0.466 e. The van der Waals surface area contributed by atoms with Gasteiger partial charge in [0.05, 0.1) is 24.8 Å². The van der Waals surface area contributed by atoms with Gasteiger partial charge in [-0.05, 0) is 31.5 Å². The highest BCUT2D eigenvalue weighted by Crippen LogP contribution is 2.25. The highest BCUT2D eigenvalue weighted by atomic mass is 32.2. The summed E-state index contributed by atoms with van der Waals surface area (Å²) in [4.78, 5) is 11.6. The van der Waals surface area contributed by atoms with Crippen LogP contribution in [0.2, 0.25) is 0 Å². The number of carbonyl (C=O) groups is 1. The number of hydrogen-bond donors (Lipinski definition) is 0. The molecule has 0 atom stereocenters. The Morgan fingerprint density at radius 3 is 2.65 bits per heavy atom. The molecule has 6 heteroatoms. The van der Waals surface area contributed by atoms with Crippen molar-refractivity contribution in [3.8, 4) is 0 Å². The standard InChI is InChI=1S/C14H17NO4S/c1-4-19-14(16)9-11-6-5-7-13-12(11)8-10(2)15(13)20(3,17)18/h5-8H,4,9H2,1-3H3. The van der Waals surface area contributed by atoms with Crippen molar-refractivity contribution in [3.63, 3.8) is 0 Å². The van der Waals surface area contributed by atoms with Crippen LogP contribution >= 0.6 is 0 Å². The van der Waals surface area contributed by atoms with Crippen molar-refractivity contribution >= 4 is 26.9 Å². The summed E-state index contributed by atoms with van der Waals surface area (Å²) >= 11 is 0. The Labute approximate surface area is 118 Å². The van der Waals surface area contributed by atoms with Gasteiger partial charge >= 0.3 is 5.97 Å². The highest BCUT2D eigenvalue weighted by molar-refractivity contribution is 7.89. The number of aryl methyl sites for hydroxylation is 1. The SMILES string of the molecule is CCOC(=O)Cc1cccc2c1cc(C)n2S(C)(=O)=O. The first kappa shape index (κ1) is 14.6. The van der Waals surface area contributed by atoms with E-state index in [1.807, 2.05) is 6.07 Å². The molecule has 2 aromatic rings. The first-order valence-electron chi connectivity index (χ1n) is 6.30. The van der Waals surface area contributed by atoms with Crippen LogP contribution < -0.4 is 0 Å². The number of aromatic nitrogens is 1. The molecule has 0 aliphatic carbocycles. The Morgan fingerprint density at radius 1 is 1.35 bits per heavy atom. The average molecular weight is 295 g/mol. The molecule has 2 rings (SSSR count). The van der Waals surface area contributed by atoms with Crippen molar-refractivity contribution < 1.29 is 17.9 Å². The highest BCUT2D eigenvalue weighted by Gasteiger charge is 2.16. The summed E-state index contributed by atoms with van der Waals surface area (Å²) in [5.41, 5.74) is 1.98. The second-order valence-corrected chi connectivity index (χ2v) is 6.48. The van der Waals surface area contributed by atoms with E-state index in [0.717, 1.165) is 17.2 Å². The average Bonchev–Trinajstić information content (AvgIpc) is 2.66. The number of hydrogen-bond acceptors (Lipinski definition) is 4. The maximum Gasteiger partial charge on any atom is 0.310 e. The lowest BCUT2D eigenvalue weighted by Crippen LogP contribution is -2.11. The van der Waals surface area contributed by atoms with Gasteiger partial charge in [0.2, 0.25) is 10.0 Å². The van der Waals surface area contributed by atoms with Crippen molar-refractivity contribution in [2.75, 3.05) is 12.9 Å². The molecule has 0 saturated heterocycles. The summed E-state index contributed by atoms with van der Waals surface area (Å²) < 4.78 is 29.9. The minimum atomic E-state index is -3.37. The Morgan fingerprint density at radius 2 is 2.05 bits per heavy atom. The van der Waals surface area contributed by atoms with Crippen molar-refractivity contribution in [1.29, 1.82) is 0 Å². The van der Waals surface area contributed by atoms with E-state index in [1.165, 1.54) is 3.97 Å². The predicted molar refractivity (Wildman–Crippen MR) is 77.3 cm³/mol. The number of carbonyl (C=O) groups excluding carboxylic acids is 1. The van der Waals surface area contributed by atoms with E-state index >= 15 is 0 Å². The largest absolute Gasteiger partial charge is 0.466 e. The molecular formula is C14H17NO4S. The predicted octanol–water partition coefficient (Wildman–Crippen LogP) is 1.86. The molecule has 0 bridgehead atoms. The molecule has 0 unspecified atom stereocenters. The summed E-state index contributed by atoms with van der Waals surface area (Å²) in [5.74, 6) is -0.315. The van der Waals surface area contributed by atoms with Gasteiger partial charge in [-0.1, -0.05) is 12.1 Å². The molecule has 0 N–H and O–H groups in total. The second kappa shape index (κ2) is 5.28. The van der Waals surface area contributed by atoms with E-state index in [1.54, 1.807) is 32.0 Å². The van der Waals surface area contributed by atoms with Crippen LogP contribution in [0, 0.1) is 6.92 Å². The zero-order chi connectivity index (χ0) is 14.9. The fourth-order valence-electron chi connectivity index (χ4n) is 2.36. The second-order valence-electron chi connectivity index (χ2n) is 4.64. The fourth-order valence-corrected chi connectivity index (χ4v) is 3.45. The molecule has 1 aromatic heterocycles. The smallest absolute Gasteiger partial charge is 0.310 e. The van der Waals surface area contributed by atoms with Gasteiger partial charge in [0.15, 0.2) is 0 Å². The molecule has 1 heterocycles. The van der Waals surface area contributed by atoms with E-state index in [9.17, 15) is 13.2 Å². The van der Waals surface area contributed by atoms with Crippen molar-refractivity contribution in [1.82, 2.24) is 3.97 Å². The molecular weight excluding hydrogens is 278 g/mol. The van der Waals surface area contributed by atoms with Gasteiger partial charge in [-0.15, -0.1) is 0 Å². The van der Waals surface area contributed by atoms with Crippen molar-refractivity contribution in [2.24, 2.45) is 0 Å². The summed E-state index contributed by atoms with van der Waals surface area (Å²) in [6.45, 7) is 3.82. The zero-order valence-electron chi connectivity index (χ0n) is 11.7. The Bertz CT molecular complexity index is 759. The third-order valence-electron chi connectivity index (χ3n) is 3.04. The Hall–Kier alpha value is -1.82. The number of nitrogens with zero attached hydrogens (tertiary/aromatic N) is 1. The van der Waals surface area contributed by atoms with Crippen molar-refractivity contribution in [2.45, 2.75) is 20.3 Å². The number of fused-ring (bicyclic) bond motifs is 1. The minimum absolute atomic E-state index is 0.137. The van der Waals surface area contributed by atoms with Gasteiger partial charge in [-0.25, -0.2) is 12.4 Å². The number of benzene rings is 1. The molecule has 0 radical (unpaired) electrons. The molecule has 0 spiro atoms. The van der Waals surface area contributed by atoms with Crippen LogP contribution in [0.15, 0.2) is 24.3 Å². The molecule has 20 heavy (non-hydrogen) atoms. The lowest BCUT2D eigenvalue weighted by Gasteiger charge is -2.06. The maximum atomic E-state index is 11.8.